The molecule has 504 valence electrons. The standard InChI is InChI=1S/C26H26N6O2.C25H25N7O.C24H24N8O/c1-31-12-9-20-19(8-10-27-25(20)31)18-5-6-22(24-21(18)14-29-26(24)34)30-23-7-4-16(13-28-23)32-11-2-3-17(33)15-32;1-31-15-29-24-18(3-2-4-21(24)31)17-6-7-20(23-19(17)14-28-25(23)33)30-22-8-5-16(13-27-22)32-11-9-26-10-12-32;1-31-9-6-17-22(28-14-29-23(17)31)16-3-4-19(21-18(16)13-27-24(21)33)30-20-5-2-15(12-26-20)32-10-7-25-8-11-32/h4-10,12-13,17,33H,2-3,11,14-15H2,1H3,(H,28,30)(H,29,34);2-8,13,15,26H,9-12,14H2,1H3,(H,27,30)(H,28,33);2-6,9,12,14,25H,7-8,10-11,13H2,1H3,(H,26,30)(H,27,33)/t17-;;/m1../s1. The van der Waals surface area contributed by atoms with Crippen LogP contribution in [0.15, 0.2) is 159 Å². The fourth-order valence-corrected chi connectivity index (χ4v) is 14.5. The van der Waals surface area contributed by atoms with E-state index in [2.05, 4.69) is 135 Å². The summed E-state index contributed by atoms with van der Waals surface area (Å²) in [6.45, 7) is 10.8. The van der Waals surface area contributed by atoms with Crippen LogP contribution in [-0.2, 0) is 40.8 Å². The van der Waals surface area contributed by atoms with E-state index in [1.807, 2.05) is 145 Å². The number of hydrogen-bond acceptors (Lipinski definition) is 19. The molecule has 3 amide bonds. The third kappa shape index (κ3) is 12.1. The molecule has 14 heterocycles. The van der Waals surface area contributed by atoms with E-state index in [4.69, 9.17) is 0 Å². The number of nitrogens with zero attached hydrogens (tertiary/aromatic N) is 13. The number of aliphatic hydroxyl groups is 1. The van der Waals surface area contributed by atoms with Crippen molar-refractivity contribution < 1.29 is 19.5 Å². The molecule has 25 nitrogen and oxygen atoms in total. The number of anilines is 9. The van der Waals surface area contributed by atoms with Crippen molar-refractivity contribution in [1.29, 1.82) is 0 Å². The van der Waals surface area contributed by atoms with Crippen molar-refractivity contribution in [2.45, 2.75) is 38.6 Å². The molecule has 0 aliphatic carbocycles. The largest absolute Gasteiger partial charge is 0.391 e. The highest BCUT2D eigenvalue weighted by molar-refractivity contribution is 6.10. The maximum Gasteiger partial charge on any atom is 0.254 e. The fraction of sp³-hybridized carbons (Fsp3) is 0.253. The van der Waals surface area contributed by atoms with Gasteiger partial charge in [0.1, 0.15) is 35.1 Å². The van der Waals surface area contributed by atoms with E-state index in [1.54, 1.807) is 6.33 Å². The molecule has 0 saturated carbocycles. The molecule has 12 aromatic rings. The number of nitrogens with one attached hydrogen (secondary N) is 8. The Kier molecular flexibility index (Phi) is 16.9. The van der Waals surface area contributed by atoms with Gasteiger partial charge in [-0.3, -0.25) is 14.4 Å². The third-order valence-electron chi connectivity index (χ3n) is 19.7. The van der Waals surface area contributed by atoms with Crippen LogP contribution in [0.3, 0.4) is 0 Å². The molecule has 8 aromatic heterocycles. The minimum atomic E-state index is -0.288. The number of carbonyl (C=O) groups excluding carboxylic acids is 3. The summed E-state index contributed by atoms with van der Waals surface area (Å²) in [4.78, 5) is 77.0. The fourth-order valence-electron chi connectivity index (χ4n) is 14.5. The summed E-state index contributed by atoms with van der Waals surface area (Å²) in [5, 5.41) is 37.7. The number of imidazole rings is 1. The summed E-state index contributed by atoms with van der Waals surface area (Å²) in [7, 11) is 5.93. The van der Waals surface area contributed by atoms with Gasteiger partial charge >= 0.3 is 0 Å². The Morgan fingerprint density at radius 2 is 0.960 bits per heavy atom. The van der Waals surface area contributed by atoms with Crippen LogP contribution in [0.2, 0.25) is 0 Å². The molecular weight excluding hydrogens is 1260 g/mol. The van der Waals surface area contributed by atoms with Crippen molar-refractivity contribution >= 4 is 102 Å². The van der Waals surface area contributed by atoms with E-state index in [9.17, 15) is 19.5 Å². The number of β-amino-alcohol motifs (C(OH)–C–C–N with tert-alkyl or cyclic N) is 1. The van der Waals surface area contributed by atoms with Crippen LogP contribution in [0.4, 0.5) is 51.6 Å². The Morgan fingerprint density at radius 3 is 1.49 bits per heavy atom. The lowest BCUT2D eigenvalue weighted by Gasteiger charge is -2.31. The van der Waals surface area contributed by atoms with Gasteiger partial charge in [-0.1, -0.05) is 30.3 Å². The molecule has 6 aliphatic heterocycles. The molecule has 0 bridgehead atoms. The van der Waals surface area contributed by atoms with Gasteiger partial charge in [0.15, 0.2) is 0 Å². The van der Waals surface area contributed by atoms with E-state index < -0.39 is 0 Å². The molecule has 0 radical (unpaired) electrons. The minimum Gasteiger partial charge on any atom is -0.391 e. The number of carbonyl (C=O) groups is 3. The van der Waals surface area contributed by atoms with Gasteiger partial charge in [0.05, 0.1) is 98.6 Å². The van der Waals surface area contributed by atoms with Gasteiger partial charge < -0.3 is 76.0 Å². The summed E-state index contributed by atoms with van der Waals surface area (Å²) in [5.74, 6) is 1.85. The van der Waals surface area contributed by atoms with Gasteiger partial charge in [0.2, 0.25) is 0 Å². The number of rotatable bonds is 12. The van der Waals surface area contributed by atoms with Gasteiger partial charge in [0.25, 0.3) is 17.7 Å². The SMILES string of the molecule is Cn1ccc2c(-c3ccc(Nc4ccc(N5CCC[C@@H](O)C5)cn4)c4c3CNC4=O)ccnc21.Cn1ccc2c(-c3ccc(Nc4ccc(N5CCNCC5)cn4)c4c3CNC4=O)ncnc21.Cn1cnc2c(-c3ccc(Nc4ccc(N5CCNCC5)cn4)c4c3CNC4=O)cccc21. The molecule has 100 heavy (non-hydrogen) atoms. The summed E-state index contributed by atoms with van der Waals surface area (Å²) < 4.78 is 5.97. The van der Waals surface area contributed by atoms with Crippen LogP contribution < -0.4 is 57.2 Å². The first-order valence-corrected chi connectivity index (χ1v) is 33.9. The number of aliphatic hydroxyl groups excluding tert-OH is 1. The third-order valence-corrected chi connectivity index (χ3v) is 19.7. The molecule has 0 spiro atoms. The first-order valence-electron chi connectivity index (χ1n) is 33.9. The predicted molar refractivity (Wildman–Crippen MR) is 390 cm³/mol. The Balaban J connectivity index is 0.000000117. The zero-order valence-electron chi connectivity index (χ0n) is 55.7. The zero-order chi connectivity index (χ0) is 68.0. The molecule has 6 aliphatic rings. The predicted octanol–water partition coefficient (Wildman–Crippen LogP) is 9.04. The Hall–Kier alpha value is -11.8. The van der Waals surface area contributed by atoms with Gasteiger partial charge in [-0.25, -0.2) is 34.9 Å². The number of hydrogen-bond donors (Lipinski definition) is 9. The molecule has 0 unspecified atom stereocenters. The quantitative estimate of drug-likeness (QED) is 0.0551. The average Bonchev–Trinajstić information content (AvgIpc) is 1.46. The molecule has 18 rings (SSSR count). The number of para-hydroxylation sites is 1. The van der Waals surface area contributed by atoms with Crippen LogP contribution in [0, 0.1) is 0 Å². The molecule has 1 atom stereocenters. The van der Waals surface area contributed by atoms with Gasteiger partial charge in [-0.15, -0.1) is 0 Å². The maximum absolute atomic E-state index is 12.8. The van der Waals surface area contributed by atoms with E-state index >= 15 is 0 Å². The van der Waals surface area contributed by atoms with Crippen molar-refractivity contribution in [1.82, 2.24) is 75.2 Å². The number of amides is 3. The van der Waals surface area contributed by atoms with Crippen molar-refractivity contribution in [3.63, 3.8) is 0 Å². The number of aryl methyl sites for hydroxylation is 3. The molecule has 3 saturated heterocycles. The zero-order valence-corrected chi connectivity index (χ0v) is 55.7. The highest BCUT2D eigenvalue weighted by atomic mass is 16.3. The highest BCUT2D eigenvalue weighted by Gasteiger charge is 2.31. The van der Waals surface area contributed by atoms with Gasteiger partial charge in [-0.05, 0) is 125 Å². The van der Waals surface area contributed by atoms with Gasteiger partial charge in [0, 0.05) is 147 Å². The van der Waals surface area contributed by atoms with Crippen molar-refractivity contribution in [2.75, 3.05) is 96.1 Å². The topological polar surface area (TPSA) is 282 Å². The first-order chi connectivity index (χ1) is 49.0. The van der Waals surface area contributed by atoms with E-state index in [-0.39, 0.29) is 23.8 Å². The maximum atomic E-state index is 12.8. The van der Waals surface area contributed by atoms with Crippen molar-refractivity contribution in [3.8, 4) is 33.5 Å². The van der Waals surface area contributed by atoms with Crippen LogP contribution in [-0.4, -0.2) is 143 Å². The van der Waals surface area contributed by atoms with Crippen LogP contribution >= 0.6 is 0 Å². The second-order valence-electron chi connectivity index (χ2n) is 25.8. The van der Waals surface area contributed by atoms with E-state index in [1.165, 1.54) is 0 Å². The lowest BCUT2D eigenvalue weighted by Crippen LogP contribution is -2.43. The van der Waals surface area contributed by atoms with E-state index in [0.29, 0.717) is 54.5 Å². The Labute approximate surface area is 576 Å². The molecule has 4 aromatic carbocycles. The summed E-state index contributed by atoms with van der Waals surface area (Å²) in [5.41, 5.74) is 20.0. The summed E-state index contributed by atoms with van der Waals surface area (Å²) >= 11 is 0. The van der Waals surface area contributed by atoms with Gasteiger partial charge in [-0.2, -0.15) is 0 Å². The molecular formula is C75H75N21O4. The summed E-state index contributed by atoms with van der Waals surface area (Å²) in [6.07, 6.45) is 16.3. The number of fused-ring (bicyclic) bond motifs is 6. The Morgan fingerprint density at radius 1 is 0.460 bits per heavy atom. The molecule has 25 heteroatoms. The number of aromatic nitrogens is 10. The number of benzene rings is 4. The van der Waals surface area contributed by atoms with Crippen molar-refractivity contribution in [2.24, 2.45) is 21.1 Å². The molecule has 9 N–H and O–H groups in total. The smallest absolute Gasteiger partial charge is 0.254 e. The second kappa shape index (κ2) is 26.9. The average molecular weight is 1330 g/mol. The minimum absolute atomic E-state index is 0.0695. The summed E-state index contributed by atoms with van der Waals surface area (Å²) in [6, 6.07) is 36.2. The van der Waals surface area contributed by atoms with Crippen LogP contribution in [0.1, 0.15) is 60.6 Å². The Bertz CT molecular complexity index is 4900. The van der Waals surface area contributed by atoms with Crippen molar-refractivity contribution in [3.05, 3.63) is 192 Å². The highest BCUT2D eigenvalue weighted by Crippen LogP contribution is 2.41. The lowest BCUT2D eigenvalue weighted by molar-refractivity contribution is 0.0958. The normalized spacial score (nSPS) is 16.3. The monoisotopic (exact) mass is 1330 g/mol. The molecule has 3 fully saturated rings. The number of piperidine rings is 1. The van der Waals surface area contributed by atoms with Crippen LogP contribution in [0.5, 0.6) is 0 Å². The van der Waals surface area contributed by atoms with Crippen LogP contribution in [0.25, 0.3) is 66.6 Å². The van der Waals surface area contributed by atoms with E-state index in [0.717, 1.165) is 195 Å². The number of pyridine rings is 4. The second-order valence-corrected chi connectivity index (χ2v) is 25.8. The first kappa shape index (κ1) is 63.0. The number of piperazine rings is 2. The lowest BCUT2D eigenvalue weighted by atomic mass is 9.94.